The van der Waals surface area contributed by atoms with Crippen LogP contribution in [-0.4, -0.2) is 56.9 Å². The van der Waals surface area contributed by atoms with E-state index in [1.54, 1.807) is 20.8 Å². The van der Waals surface area contributed by atoms with Gasteiger partial charge in [0.15, 0.2) is 9.84 Å². The Kier molecular flexibility index (Phi) is 10.4. The van der Waals surface area contributed by atoms with Gasteiger partial charge in [0.1, 0.15) is 18.2 Å². The SMILES string of the molecule is CC[C@H](C)[C@H](NC(=O)OCC1c2ccccc2-c2ccccc21)C(=O)N[C@H](/C=C/S(C)(=O)=O)CC(=O)OC(C)(C)C. The zero-order chi connectivity index (χ0) is 30.4. The number of alkyl carbamates (subject to hydrolysis) is 1. The predicted octanol–water partition coefficient (Wildman–Crippen LogP) is 4.71. The van der Waals surface area contributed by atoms with E-state index in [0.717, 1.165) is 33.9 Å². The fraction of sp³-hybridized carbons (Fsp3) is 0.452. The summed E-state index contributed by atoms with van der Waals surface area (Å²) in [6.07, 6.45) is 1.78. The summed E-state index contributed by atoms with van der Waals surface area (Å²) in [5.41, 5.74) is 3.59. The normalized spacial score (nSPS) is 15.4. The number of rotatable bonds is 11. The molecule has 0 aliphatic heterocycles. The highest BCUT2D eigenvalue weighted by atomic mass is 32.2. The quantitative estimate of drug-likeness (QED) is 0.366. The molecule has 0 unspecified atom stereocenters. The maximum Gasteiger partial charge on any atom is 0.407 e. The first-order chi connectivity index (χ1) is 19.2. The van der Waals surface area contributed by atoms with E-state index in [1.807, 2.05) is 62.4 Å². The molecule has 9 nitrogen and oxygen atoms in total. The minimum atomic E-state index is -3.52. The average molecular weight is 585 g/mol. The first kappa shape index (κ1) is 31.9. The number of ether oxygens (including phenoxy) is 2. The Bertz CT molecular complexity index is 1350. The van der Waals surface area contributed by atoms with Crippen LogP contribution in [0.5, 0.6) is 0 Å². The predicted molar refractivity (Wildman–Crippen MR) is 158 cm³/mol. The van der Waals surface area contributed by atoms with Crippen LogP contribution >= 0.6 is 0 Å². The van der Waals surface area contributed by atoms with Crippen LogP contribution in [0.15, 0.2) is 60.0 Å². The van der Waals surface area contributed by atoms with Crippen molar-refractivity contribution in [3.63, 3.8) is 0 Å². The minimum Gasteiger partial charge on any atom is -0.460 e. The Morgan fingerprint density at radius 1 is 0.976 bits per heavy atom. The summed E-state index contributed by atoms with van der Waals surface area (Å²) < 4.78 is 34.4. The van der Waals surface area contributed by atoms with Gasteiger partial charge in [0.05, 0.1) is 12.5 Å². The number of carbonyl (C=O) groups is 3. The lowest BCUT2D eigenvalue weighted by atomic mass is 9.97. The highest BCUT2D eigenvalue weighted by Crippen LogP contribution is 2.44. The summed E-state index contributed by atoms with van der Waals surface area (Å²) in [4.78, 5) is 38.8. The Morgan fingerprint density at radius 3 is 2.05 bits per heavy atom. The average Bonchev–Trinajstić information content (AvgIpc) is 3.20. The van der Waals surface area contributed by atoms with Crippen LogP contribution in [0.25, 0.3) is 11.1 Å². The molecule has 2 aromatic carbocycles. The Morgan fingerprint density at radius 2 is 1.54 bits per heavy atom. The second-order valence-corrected chi connectivity index (χ2v) is 13.3. The Balaban J connectivity index is 1.71. The highest BCUT2D eigenvalue weighted by Gasteiger charge is 2.32. The van der Waals surface area contributed by atoms with Gasteiger partial charge in [-0.1, -0.05) is 74.9 Å². The van der Waals surface area contributed by atoms with E-state index in [1.165, 1.54) is 6.08 Å². The molecule has 0 saturated carbocycles. The van der Waals surface area contributed by atoms with Crippen LogP contribution in [0, 0.1) is 5.92 Å². The van der Waals surface area contributed by atoms with Crippen molar-refractivity contribution in [1.29, 1.82) is 0 Å². The van der Waals surface area contributed by atoms with Crippen LogP contribution < -0.4 is 10.6 Å². The van der Waals surface area contributed by atoms with Crippen molar-refractivity contribution in [2.24, 2.45) is 5.92 Å². The van der Waals surface area contributed by atoms with E-state index in [2.05, 4.69) is 10.6 Å². The molecule has 1 aliphatic rings. The summed E-state index contributed by atoms with van der Waals surface area (Å²) in [7, 11) is -3.52. The van der Waals surface area contributed by atoms with Gasteiger partial charge in [0.25, 0.3) is 0 Å². The Labute approximate surface area is 242 Å². The van der Waals surface area contributed by atoms with Gasteiger partial charge in [-0.05, 0) is 48.9 Å². The molecular formula is C31H40N2O7S. The summed E-state index contributed by atoms with van der Waals surface area (Å²) in [6, 6.07) is 14.0. The number of esters is 1. The van der Waals surface area contributed by atoms with Gasteiger partial charge in [-0.3, -0.25) is 9.59 Å². The smallest absolute Gasteiger partial charge is 0.407 e. The van der Waals surface area contributed by atoms with Crippen molar-refractivity contribution in [3.8, 4) is 11.1 Å². The van der Waals surface area contributed by atoms with Gasteiger partial charge < -0.3 is 20.1 Å². The Hall–Kier alpha value is -3.66. The summed E-state index contributed by atoms with van der Waals surface area (Å²) in [5, 5.41) is 6.30. The van der Waals surface area contributed by atoms with Crippen molar-refractivity contribution in [1.82, 2.24) is 10.6 Å². The fourth-order valence-electron chi connectivity index (χ4n) is 4.71. The van der Waals surface area contributed by atoms with Crippen LogP contribution in [0.1, 0.15) is 64.5 Å². The summed E-state index contributed by atoms with van der Waals surface area (Å²) in [5.74, 6) is -1.59. The van der Waals surface area contributed by atoms with E-state index in [9.17, 15) is 22.8 Å². The van der Waals surface area contributed by atoms with E-state index in [0.29, 0.717) is 6.42 Å². The monoisotopic (exact) mass is 584 g/mol. The molecule has 0 saturated heterocycles. The molecular weight excluding hydrogens is 544 g/mol. The third-order valence-corrected chi connectivity index (χ3v) is 7.46. The van der Waals surface area contributed by atoms with Crippen molar-refractivity contribution in [2.45, 2.75) is 71.1 Å². The molecule has 0 aromatic heterocycles. The number of sulfone groups is 1. The van der Waals surface area contributed by atoms with Gasteiger partial charge in [-0.15, -0.1) is 0 Å². The first-order valence-corrected chi connectivity index (χ1v) is 15.7. The third kappa shape index (κ3) is 9.18. The number of benzene rings is 2. The fourth-order valence-corrected chi connectivity index (χ4v) is 5.18. The molecule has 10 heteroatoms. The number of nitrogens with one attached hydrogen (secondary N) is 2. The number of hydrogen-bond donors (Lipinski definition) is 2. The van der Waals surface area contributed by atoms with Gasteiger partial charge in [0, 0.05) is 17.6 Å². The summed E-state index contributed by atoms with van der Waals surface area (Å²) >= 11 is 0. The van der Waals surface area contributed by atoms with Crippen molar-refractivity contribution in [3.05, 3.63) is 71.1 Å². The van der Waals surface area contributed by atoms with Gasteiger partial charge in [-0.2, -0.15) is 0 Å². The maximum atomic E-state index is 13.4. The highest BCUT2D eigenvalue weighted by molar-refractivity contribution is 7.93. The lowest BCUT2D eigenvalue weighted by molar-refractivity contribution is -0.155. The van der Waals surface area contributed by atoms with Gasteiger partial charge in [-0.25, -0.2) is 13.2 Å². The second-order valence-electron chi connectivity index (χ2n) is 11.4. The molecule has 0 fully saturated rings. The topological polar surface area (TPSA) is 128 Å². The molecule has 1 aliphatic carbocycles. The van der Waals surface area contributed by atoms with Crippen molar-refractivity contribution in [2.75, 3.05) is 12.9 Å². The van der Waals surface area contributed by atoms with Gasteiger partial charge >= 0.3 is 12.1 Å². The van der Waals surface area contributed by atoms with Crippen LogP contribution in [0.4, 0.5) is 4.79 Å². The van der Waals surface area contributed by atoms with E-state index in [-0.39, 0.29) is 24.9 Å². The standard InChI is InChI=1S/C31H40N2O7S/c1-7-20(2)28(29(35)32-21(16-17-41(6,37)38)18-27(34)40-31(3,4)5)33-30(36)39-19-26-24-14-10-8-12-22(24)23-13-9-11-15-25(23)26/h8-17,20-21,26,28H,7,18-19H2,1-6H3,(H,32,35)(H,33,36)/b17-16+/t20-,21+,28-/m0/s1. The number of carbonyl (C=O) groups excluding carboxylic acids is 3. The molecule has 2 amide bonds. The van der Waals surface area contributed by atoms with Crippen molar-refractivity contribution < 1.29 is 32.3 Å². The molecule has 2 N–H and O–H groups in total. The lowest BCUT2D eigenvalue weighted by Gasteiger charge is -2.26. The van der Waals surface area contributed by atoms with E-state index in [4.69, 9.17) is 9.47 Å². The largest absolute Gasteiger partial charge is 0.460 e. The molecule has 2 aromatic rings. The molecule has 222 valence electrons. The minimum absolute atomic E-state index is 0.0903. The van der Waals surface area contributed by atoms with Crippen molar-refractivity contribution >= 4 is 27.8 Å². The molecule has 0 spiro atoms. The molecule has 0 bridgehead atoms. The van der Waals surface area contributed by atoms with E-state index >= 15 is 0 Å². The molecule has 3 atom stereocenters. The molecule has 41 heavy (non-hydrogen) atoms. The van der Waals surface area contributed by atoms with Gasteiger partial charge in [0.2, 0.25) is 5.91 Å². The zero-order valence-corrected chi connectivity index (χ0v) is 25.3. The molecule has 0 radical (unpaired) electrons. The van der Waals surface area contributed by atoms with Crippen LogP contribution in [0.2, 0.25) is 0 Å². The molecule has 0 heterocycles. The second kappa shape index (κ2) is 13.3. The number of hydrogen-bond acceptors (Lipinski definition) is 7. The first-order valence-electron chi connectivity index (χ1n) is 13.7. The number of fused-ring (bicyclic) bond motifs is 3. The zero-order valence-electron chi connectivity index (χ0n) is 24.5. The third-order valence-electron chi connectivity index (χ3n) is 6.80. The maximum absolute atomic E-state index is 13.4. The lowest BCUT2D eigenvalue weighted by Crippen LogP contribution is -2.52. The summed E-state index contributed by atoms with van der Waals surface area (Å²) in [6.45, 7) is 8.91. The van der Waals surface area contributed by atoms with Crippen LogP contribution in [-0.2, 0) is 28.9 Å². The van der Waals surface area contributed by atoms with Crippen LogP contribution in [0.3, 0.4) is 0 Å². The number of amides is 2. The molecule has 3 rings (SSSR count). The van der Waals surface area contributed by atoms with E-state index < -0.39 is 45.5 Å².